The van der Waals surface area contributed by atoms with Gasteiger partial charge in [-0.2, -0.15) is 0 Å². The zero-order valence-electron chi connectivity index (χ0n) is 13.3. The molecule has 120 valence electrons. The molecule has 0 saturated heterocycles. The Bertz CT molecular complexity index is 753. The van der Waals surface area contributed by atoms with E-state index in [-0.39, 0.29) is 5.57 Å². The summed E-state index contributed by atoms with van der Waals surface area (Å²) in [6.07, 6.45) is 5.11. The third-order valence-electron chi connectivity index (χ3n) is 3.32. The summed E-state index contributed by atoms with van der Waals surface area (Å²) in [5.41, 5.74) is 8.45. The van der Waals surface area contributed by atoms with Gasteiger partial charge in [0.25, 0.3) is 0 Å². The van der Waals surface area contributed by atoms with Crippen LogP contribution < -0.4 is 5.73 Å². The van der Waals surface area contributed by atoms with Crippen molar-refractivity contribution in [3.8, 4) is 0 Å². The number of carbonyl (C=O) groups excluding carboxylic acids is 1. The number of hydrogen-bond acceptors (Lipinski definition) is 6. The van der Waals surface area contributed by atoms with E-state index in [0.29, 0.717) is 13.2 Å². The van der Waals surface area contributed by atoms with E-state index in [4.69, 9.17) is 10.5 Å². The van der Waals surface area contributed by atoms with Gasteiger partial charge in [0.15, 0.2) is 5.65 Å². The highest BCUT2D eigenvalue weighted by Crippen LogP contribution is 2.14. The standard InChI is InChI=1S/C17H20N4O2/c1-3-23-17(22)15(10-18)11-19-8-6-13-9-14-5-4-7-20-16(14)21-12(13)2/h4-5,7,9-11H,3,6,8,18H2,1-2H3. The van der Waals surface area contributed by atoms with E-state index < -0.39 is 5.97 Å². The second-order valence-corrected chi connectivity index (χ2v) is 4.91. The Hall–Kier alpha value is -2.76. The van der Waals surface area contributed by atoms with Crippen LogP contribution in [0.25, 0.3) is 11.0 Å². The molecule has 6 nitrogen and oxygen atoms in total. The van der Waals surface area contributed by atoms with Crippen molar-refractivity contribution in [1.29, 1.82) is 0 Å². The molecule has 0 unspecified atom stereocenters. The molecule has 0 aliphatic heterocycles. The van der Waals surface area contributed by atoms with Crippen LogP contribution in [0.5, 0.6) is 0 Å². The molecule has 2 aromatic heterocycles. The normalized spacial score (nSPS) is 12.0. The average Bonchev–Trinajstić information content (AvgIpc) is 2.55. The Morgan fingerprint density at radius 2 is 2.30 bits per heavy atom. The Balaban J connectivity index is 2.02. The third-order valence-corrected chi connectivity index (χ3v) is 3.32. The van der Waals surface area contributed by atoms with Crippen LogP contribution in [0.2, 0.25) is 0 Å². The topological polar surface area (TPSA) is 90.5 Å². The van der Waals surface area contributed by atoms with E-state index in [1.165, 1.54) is 12.4 Å². The number of aromatic nitrogens is 2. The lowest BCUT2D eigenvalue weighted by atomic mass is 10.1. The first kappa shape index (κ1) is 16.6. The van der Waals surface area contributed by atoms with Gasteiger partial charge in [0.2, 0.25) is 0 Å². The van der Waals surface area contributed by atoms with Gasteiger partial charge < -0.3 is 10.5 Å². The minimum atomic E-state index is -0.464. The number of aliphatic imine (C=N–C) groups is 1. The lowest BCUT2D eigenvalue weighted by Gasteiger charge is -2.05. The van der Waals surface area contributed by atoms with E-state index in [1.807, 2.05) is 19.1 Å². The van der Waals surface area contributed by atoms with Gasteiger partial charge in [-0.05, 0) is 44.0 Å². The summed E-state index contributed by atoms with van der Waals surface area (Å²) >= 11 is 0. The quantitative estimate of drug-likeness (QED) is 0.500. The Kier molecular flexibility index (Phi) is 5.80. The van der Waals surface area contributed by atoms with Gasteiger partial charge in [0, 0.05) is 36.2 Å². The van der Waals surface area contributed by atoms with Crippen molar-refractivity contribution in [3.63, 3.8) is 0 Å². The summed E-state index contributed by atoms with van der Waals surface area (Å²) in [5, 5.41) is 1.01. The summed E-state index contributed by atoms with van der Waals surface area (Å²) in [5.74, 6) is -0.464. The highest BCUT2D eigenvalue weighted by molar-refractivity contribution is 6.09. The van der Waals surface area contributed by atoms with Crippen molar-refractivity contribution in [2.24, 2.45) is 10.7 Å². The number of esters is 1. The molecule has 2 rings (SSSR count). The maximum Gasteiger partial charge on any atom is 0.341 e. The van der Waals surface area contributed by atoms with Crippen LogP contribution in [-0.4, -0.2) is 35.3 Å². The largest absolute Gasteiger partial charge is 0.462 e. The Labute approximate surface area is 135 Å². The highest BCUT2D eigenvalue weighted by atomic mass is 16.5. The van der Waals surface area contributed by atoms with Gasteiger partial charge in [0.05, 0.1) is 12.2 Å². The number of hydrogen-bond donors (Lipinski definition) is 1. The number of carbonyl (C=O) groups is 1. The van der Waals surface area contributed by atoms with Crippen molar-refractivity contribution >= 4 is 23.2 Å². The molecule has 0 radical (unpaired) electrons. The van der Waals surface area contributed by atoms with Crippen LogP contribution in [-0.2, 0) is 16.0 Å². The van der Waals surface area contributed by atoms with Crippen LogP contribution >= 0.6 is 0 Å². The van der Waals surface area contributed by atoms with Crippen molar-refractivity contribution in [3.05, 3.63) is 47.4 Å². The van der Waals surface area contributed by atoms with Crippen molar-refractivity contribution in [1.82, 2.24) is 9.97 Å². The molecule has 0 fully saturated rings. The minimum absolute atomic E-state index is 0.254. The molecule has 2 aromatic rings. The molecule has 0 aromatic carbocycles. The van der Waals surface area contributed by atoms with Crippen molar-refractivity contribution in [2.75, 3.05) is 13.2 Å². The van der Waals surface area contributed by atoms with Gasteiger partial charge in [-0.15, -0.1) is 0 Å². The predicted molar refractivity (Wildman–Crippen MR) is 90.2 cm³/mol. The second-order valence-electron chi connectivity index (χ2n) is 4.91. The number of nitrogens with zero attached hydrogens (tertiary/aromatic N) is 3. The first-order valence-corrected chi connectivity index (χ1v) is 7.45. The smallest absolute Gasteiger partial charge is 0.341 e. The van der Waals surface area contributed by atoms with Crippen LogP contribution in [0.4, 0.5) is 0 Å². The minimum Gasteiger partial charge on any atom is -0.462 e. The molecule has 0 saturated carbocycles. The van der Waals surface area contributed by atoms with E-state index in [2.05, 4.69) is 21.0 Å². The molecule has 0 aliphatic rings. The Morgan fingerprint density at radius 1 is 1.48 bits per heavy atom. The fourth-order valence-electron chi connectivity index (χ4n) is 2.12. The van der Waals surface area contributed by atoms with E-state index in [9.17, 15) is 4.79 Å². The molecule has 23 heavy (non-hydrogen) atoms. The maximum atomic E-state index is 11.6. The molecule has 0 atom stereocenters. The van der Waals surface area contributed by atoms with Crippen molar-refractivity contribution in [2.45, 2.75) is 20.3 Å². The fraction of sp³-hybridized carbons (Fsp3) is 0.294. The van der Waals surface area contributed by atoms with Gasteiger partial charge in [-0.25, -0.2) is 14.8 Å². The summed E-state index contributed by atoms with van der Waals surface area (Å²) in [7, 11) is 0. The van der Waals surface area contributed by atoms with Crippen LogP contribution in [0, 0.1) is 6.92 Å². The monoisotopic (exact) mass is 312 g/mol. The lowest BCUT2D eigenvalue weighted by Crippen LogP contribution is -2.10. The second kappa shape index (κ2) is 8.03. The van der Waals surface area contributed by atoms with E-state index in [1.54, 1.807) is 13.1 Å². The number of ether oxygens (including phenoxy) is 1. The van der Waals surface area contributed by atoms with Crippen molar-refractivity contribution < 1.29 is 9.53 Å². The first-order valence-electron chi connectivity index (χ1n) is 7.45. The summed E-state index contributed by atoms with van der Waals surface area (Å²) in [6, 6.07) is 5.95. The van der Waals surface area contributed by atoms with Gasteiger partial charge in [-0.1, -0.05) is 0 Å². The highest BCUT2D eigenvalue weighted by Gasteiger charge is 2.07. The zero-order chi connectivity index (χ0) is 16.7. The number of nitrogens with two attached hydrogens (primary N) is 1. The molecular formula is C17H20N4O2. The van der Waals surface area contributed by atoms with Crippen LogP contribution in [0.1, 0.15) is 18.2 Å². The fourth-order valence-corrected chi connectivity index (χ4v) is 2.12. The number of pyridine rings is 2. The van der Waals surface area contributed by atoms with Crippen LogP contribution in [0.3, 0.4) is 0 Å². The Morgan fingerprint density at radius 3 is 3.04 bits per heavy atom. The van der Waals surface area contributed by atoms with Crippen LogP contribution in [0.15, 0.2) is 41.2 Å². The maximum absolute atomic E-state index is 11.6. The molecule has 0 amide bonds. The van der Waals surface area contributed by atoms with E-state index >= 15 is 0 Å². The molecule has 0 bridgehead atoms. The molecular weight excluding hydrogens is 292 g/mol. The molecule has 0 spiro atoms. The summed E-state index contributed by atoms with van der Waals surface area (Å²) in [4.78, 5) is 24.5. The molecule has 2 N–H and O–H groups in total. The van der Waals surface area contributed by atoms with Gasteiger partial charge in [-0.3, -0.25) is 4.99 Å². The van der Waals surface area contributed by atoms with E-state index in [0.717, 1.165) is 28.7 Å². The zero-order valence-corrected chi connectivity index (χ0v) is 13.3. The summed E-state index contributed by atoms with van der Waals surface area (Å²) < 4.78 is 4.88. The molecule has 6 heteroatoms. The van der Waals surface area contributed by atoms with Gasteiger partial charge in [0.1, 0.15) is 0 Å². The predicted octanol–water partition coefficient (Wildman–Crippen LogP) is 1.96. The number of rotatable bonds is 6. The SMILES string of the molecule is CCOC(=O)C(C=NCCc1cc2cccnc2nc1C)=CN. The van der Waals surface area contributed by atoms with Gasteiger partial charge >= 0.3 is 5.97 Å². The average molecular weight is 312 g/mol. The lowest BCUT2D eigenvalue weighted by molar-refractivity contribution is -0.137. The third kappa shape index (κ3) is 4.35. The number of fused-ring (bicyclic) bond motifs is 1. The molecule has 2 heterocycles. The first-order chi connectivity index (χ1) is 11.2. The molecule has 0 aliphatic carbocycles. The summed E-state index contributed by atoms with van der Waals surface area (Å²) in [6.45, 7) is 4.54. The number of aryl methyl sites for hydroxylation is 1.